The number of hydrogen-bond acceptors (Lipinski definition) is 0. The molecule has 0 aromatic heterocycles. The zero-order valence-corrected chi connectivity index (χ0v) is 9.86. The number of rotatable bonds is 1. The van der Waals surface area contributed by atoms with Gasteiger partial charge in [0.15, 0.2) is 0 Å². The maximum atomic E-state index is 2.50. The monoisotopic (exact) mass is 170 g/mol. The summed E-state index contributed by atoms with van der Waals surface area (Å²) >= 11 is 0. The van der Waals surface area contributed by atoms with Gasteiger partial charge >= 0.3 is 0 Å². The molecule has 1 rings (SSSR count). The fraction of sp³-hybridized carbons (Fsp3) is 1.00. The summed E-state index contributed by atoms with van der Waals surface area (Å²) in [7, 11) is -0.796. The Bertz CT molecular complexity index is 129. The van der Waals surface area contributed by atoms with E-state index in [9.17, 15) is 0 Å². The predicted octanol–water partition coefficient (Wildman–Crippen LogP) is 3.76. The van der Waals surface area contributed by atoms with E-state index in [2.05, 4.69) is 40.4 Å². The van der Waals surface area contributed by atoms with Gasteiger partial charge in [-0.25, -0.2) is 0 Å². The summed E-state index contributed by atoms with van der Waals surface area (Å²) in [5.41, 5.74) is 1.69. The van der Waals surface area contributed by atoms with E-state index in [1.54, 1.807) is 0 Å². The zero-order chi connectivity index (χ0) is 8.86. The first-order valence-electron chi connectivity index (χ1n) is 4.73. The summed E-state index contributed by atoms with van der Waals surface area (Å²) in [5.74, 6) is 1.04. The van der Waals surface area contributed by atoms with Crippen LogP contribution in [0.2, 0.25) is 25.2 Å². The average Bonchev–Trinajstić information content (AvgIpc) is 2.30. The van der Waals surface area contributed by atoms with E-state index in [-0.39, 0.29) is 0 Å². The Morgan fingerprint density at radius 3 is 1.64 bits per heavy atom. The molecule has 0 N–H and O–H groups in total. The van der Waals surface area contributed by atoms with Gasteiger partial charge in [0.05, 0.1) is 0 Å². The highest BCUT2D eigenvalue weighted by Crippen LogP contribution is 2.59. The van der Waals surface area contributed by atoms with Crippen LogP contribution in [-0.2, 0) is 0 Å². The standard InChI is InChI=1S/C10H22Si/c1-10(2,3)8-7-9(8)11(4,5)6/h8-9H,7H2,1-6H3/t8-,9+/m0/s1. The van der Waals surface area contributed by atoms with Crippen molar-refractivity contribution >= 4 is 8.07 Å². The van der Waals surface area contributed by atoms with Gasteiger partial charge in [-0.3, -0.25) is 0 Å². The Labute approximate surface area is 72.4 Å². The molecule has 0 bridgehead atoms. The lowest BCUT2D eigenvalue weighted by atomic mass is 9.90. The number of hydrogen-bond donors (Lipinski definition) is 0. The minimum Gasteiger partial charge on any atom is -0.0693 e. The van der Waals surface area contributed by atoms with E-state index in [4.69, 9.17) is 0 Å². The van der Waals surface area contributed by atoms with Crippen molar-refractivity contribution in [3.8, 4) is 0 Å². The molecule has 0 heterocycles. The van der Waals surface area contributed by atoms with Crippen molar-refractivity contribution in [3.05, 3.63) is 0 Å². The summed E-state index contributed by atoms with van der Waals surface area (Å²) in [6.45, 7) is 14.7. The molecular weight excluding hydrogens is 148 g/mol. The van der Waals surface area contributed by atoms with Gasteiger partial charge < -0.3 is 0 Å². The molecule has 1 fully saturated rings. The van der Waals surface area contributed by atoms with Crippen molar-refractivity contribution in [2.24, 2.45) is 11.3 Å². The first-order chi connectivity index (χ1) is 4.73. The Kier molecular flexibility index (Phi) is 1.99. The van der Waals surface area contributed by atoms with Crippen molar-refractivity contribution in [2.75, 3.05) is 0 Å². The normalized spacial score (nSPS) is 32.2. The van der Waals surface area contributed by atoms with Crippen LogP contribution in [0.3, 0.4) is 0 Å². The largest absolute Gasteiger partial charge is 0.0693 e. The van der Waals surface area contributed by atoms with Gasteiger partial charge in [0.2, 0.25) is 0 Å². The lowest BCUT2D eigenvalue weighted by molar-refractivity contribution is 0.350. The molecule has 0 aromatic rings. The van der Waals surface area contributed by atoms with E-state index in [0.29, 0.717) is 5.41 Å². The molecule has 1 aliphatic carbocycles. The van der Waals surface area contributed by atoms with E-state index < -0.39 is 8.07 Å². The second-order valence-corrected chi connectivity index (χ2v) is 11.7. The van der Waals surface area contributed by atoms with Crippen molar-refractivity contribution in [1.82, 2.24) is 0 Å². The SMILES string of the molecule is CC(C)(C)[C@H]1C[C@H]1[Si](C)(C)C. The van der Waals surface area contributed by atoms with Crippen LogP contribution >= 0.6 is 0 Å². The molecule has 0 spiro atoms. The van der Waals surface area contributed by atoms with E-state index in [1.165, 1.54) is 6.42 Å². The minimum absolute atomic E-state index is 0.574. The van der Waals surface area contributed by atoms with Crippen LogP contribution in [0, 0.1) is 11.3 Å². The quantitative estimate of drug-likeness (QED) is 0.526. The van der Waals surface area contributed by atoms with Crippen molar-refractivity contribution in [2.45, 2.75) is 52.4 Å². The van der Waals surface area contributed by atoms with Crippen LogP contribution in [0.15, 0.2) is 0 Å². The van der Waals surface area contributed by atoms with E-state index >= 15 is 0 Å². The maximum absolute atomic E-state index is 2.50. The van der Waals surface area contributed by atoms with Crippen LogP contribution in [-0.4, -0.2) is 8.07 Å². The van der Waals surface area contributed by atoms with Crippen molar-refractivity contribution < 1.29 is 0 Å². The first-order valence-corrected chi connectivity index (χ1v) is 8.30. The average molecular weight is 170 g/mol. The summed E-state index contributed by atoms with van der Waals surface area (Å²) in [4.78, 5) is 0. The summed E-state index contributed by atoms with van der Waals surface area (Å²) in [5, 5.41) is 0. The van der Waals surface area contributed by atoms with Gasteiger partial charge in [-0.2, -0.15) is 0 Å². The van der Waals surface area contributed by atoms with E-state index in [0.717, 1.165) is 11.5 Å². The maximum Gasteiger partial charge on any atom is 0.0476 e. The lowest BCUT2D eigenvalue weighted by Gasteiger charge is -2.23. The highest BCUT2D eigenvalue weighted by molar-refractivity contribution is 6.78. The topological polar surface area (TPSA) is 0 Å². The van der Waals surface area contributed by atoms with E-state index in [1.807, 2.05) is 0 Å². The molecule has 2 atom stereocenters. The smallest absolute Gasteiger partial charge is 0.0476 e. The van der Waals surface area contributed by atoms with Crippen molar-refractivity contribution in [1.29, 1.82) is 0 Å². The molecule has 1 heteroatoms. The second kappa shape index (κ2) is 2.35. The Morgan fingerprint density at radius 1 is 1.09 bits per heavy atom. The molecule has 0 saturated heterocycles. The first kappa shape index (κ1) is 9.31. The molecule has 0 nitrogen and oxygen atoms in total. The molecule has 11 heavy (non-hydrogen) atoms. The summed E-state index contributed by atoms with van der Waals surface area (Å²) in [6.07, 6.45) is 1.51. The van der Waals surface area contributed by atoms with Crippen LogP contribution in [0.4, 0.5) is 0 Å². The Balaban J connectivity index is 2.51. The third kappa shape index (κ3) is 2.08. The van der Waals surface area contributed by atoms with Gasteiger partial charge in [0, 0.05) is 8.07 Å². The molecule has 66 valence electrons. The molecule has 0 aliphatic heterocycles. The molecule has 0 unspecified atom stereocenters. The van der Waals surface area contributed by atoms with Gasteiger partial charge in [-0.05, 0) is 23.3 Å². The Morgan fingerprint density at radius 2 is 1.55 bits per heavy atom. The summed E-state index contributed by atoms with van der Waals surface area (Å²) in [6, 6.07) is 0. The van der Waals surface area contributed by atoms with Gasteiger partial charge in [-0.1, -0.05) is 40.4 Å². The second-order valence-electron chi connectivity index (χ2n) is 6.18. The molecule has 1 aliphatic rings. The highest BCUT2D eigenvalue weighted by Gasteiger charge is 2.51. The van der Waals surface area contributed by atoms with Crippen LogP contribution < -0.4 is 0 Å². The fourth-order valence-corrected chi connectivity index (χ4v) is 4.78. The van der Waals surface area contributed by atoms with Crippen LogP contribution in [0.5, 0.6) is 0 Å². The molecule has 0 radical (unpaired) electrons. The fourth-order valence-electron chi connectivity index (χ4n) is 2.11. The molecule has 1 saturated carbocycles. The predicted molar refractivity (Wildman–Crippen MR) is 54.7 cm³/mol. The molecule has 0 amide bonds. The van der Waals surface area contributed by atoms with Crippen LogP contribution in [0.25, 0.3) is 0 Å². The van der Waals surface area contributed by atoms with Gasteiger partial charge in [0.25, 0.3) is 0 Å². The summed E-state index contributed by atoms with van der Waals surface area (Å²) < 4.78 is 0. The highest BCUT2D eigenvalue weighted by atomic mass is 28.3. The minimum atomic E-state index is -0.796. The Hall–Kier alpha value is 0.217. The van der Waals surface area contributed by atoms with Crippen molar-refractivity contribution in [3.63, 3.8) is 0 Å². The van der Waals surface area contributed by atoms with Gasteiger partial charge in [-0.15, -0.1) is 0 Å². The lowest BCUT2D eigenvalue weighted by Crippen LogP contribution is -2.23. The van der Waals surface area contributed by atoms with Gasteiger partial charge in [0.1, 0.15) is 0 Å². The zero-order valence-electron chi connectivity index (χ0n) is 8.86. The van der Waals surface area contributed by atoms with Crippen LogP contribution in [0.1, 0.15) is 27.2 Å². The third-order valence-electron chi connectivity index (χ3n) is 3.02. The molecular formula is C10H22Si. The third-order valence-corrected chi connectivity index (χ3v) is 5.88. The molecule has 0 aromatic carbocycles.